The van der Waals surface area contributed by atoms with Gasteiger partial charge in [-0.3, -0.25) is 0 Å². The van der Waals surface area contributed by atoms with Gasteiger partial charge in [-0.05, 0) is 6.92 Å². The van der Waals surface area contributed by atoms with Gasteiger partial charge in [-0.25, -0.2) is 4.85 Å². The minimum Gasteiger partial charge on any atom is -0.489 e. The normalized spacial score (nSPS) is 10.4. The number of nitrogens with zero attached hydrogens (tertiary/aromatic N) is 2. The van der Waals surface area contributed by atoms with Gasteiger partial charge in [-0.2, -0.15) is 0 Å². The van der Waals surface area contributed by atoms with Crippen molar-refractivity contribution < 1.29 is 4.74 Å². The maximum atomic E-state index is 6.55. The van der Waals surface area contributed by atoms with Gasteiger partial charge < -0.3 is 9.64 Å². The minimum absolute atomic E-state index is 0.597. The van der Waals surface area contributed by atoms with E-state index in [0.29, 0.717) is 12.5 Å². The molecule has 0 bridgehead atoms. The second kappa shape index (κ2) is 4.68. The third-order valence-electron chi connectivity index (χ3n) is 0.908. The predicted molar refractivity (Wildman–Crippen MR) is 40.0 cm³/mol. The summed E-state index contributed by atoms with van der Waals surface area (Å²) in [6.45, 7) is 9.03. The summed E-state index contributed by atoms with van der Waals surface area (Å²) in [4.78, 5) is 4.86. The maximum absolute atomic E-state index is 6.55. The van der Waals surface area contributed by atoms with E-state index in [-0.39, 0.29) is 0 Å². The summed E-state index contributed by atoms with van der Waals surface area (Å²) in [7, 11) is 3.68. The molecular formula is C7H12N2O. The molecule has 0 N–H and O–H groups in total. The van der Waals surface area contributed by atoms with Crippen molar-refractivity contribution in [3.05, 3.63) is 23.5 Å². The molecule has 0 aliphatic carbocycles. The van der Waals surface area contributed by atoms with Crippen LogP contribution in [0.15, 0.2) is 12.1 Å². The molecule has 0 aromatic heterocycles. The van der Waals surface area contributed by atoms with Crippen LogP contribution in [-0.4, -0.2) is 25.6 Å². The van der Waals surface area contributed by atoms with Crippen molar-refractivity contribution >= 4 is 0 Å². The molecule has 0 aliphatic rings. The molecule has 0 rings (SSSR count). The first-order valence-electron chi connectivity index (χ1n) is 3.09. The van der Waals surface area contributed by atoms with Gasteiger partial charge in [0.25, 0.3) is 0 Å². The average molecular weight is 140 g/mol. The summed E-state index contributed by atoms with van der Waals surface area (Å²) in [5, 5.41) is 0. The Hall–Kier alpha value is -1.17. The summed E-state index contributed by atoms with van der Waals surface area (Å²) in [5.74, 6) is 0.609. The zero-order valence-corrected chi connectivity index (χ0v) is 6.59. The van der Waals surface area contributed by atoms with Gasteiger partial charge in [0.2, 0.25) is 6.20 Å². The highest BCUT2D eigenvalue weighted by Crippen LogP contribution is 1.99. The summed E-state index contributed by atoms with van der Waals surface area (Å²) in [6, 6.07) is 0. The quantitative estimate of drug-likeness (QED) is 0.434. The fraction of sp³-hybridized carbons (Fsp3) is 0.571. The molecule has 56 valence electrons. The first-order valence-corrected chi connectivity index (χ1v) is 3.09. The lowest BCUT2D eigenvalue weighted by Crippen LogP contribution is -2.13. The van der Waals surface area contributed by atoms with Crippen LogP contribution in [0.3, 0.4) is 0 Å². The predicted octanol–water partition coefficient (Wildman–Crippen LogP) is 1.30. The zero-order chi connectivity index (χ0) is 7.98. The van der Waals surface area contributed by atoms with Gasteiger partial charge >= 0.3 is 0 Å². The number of hydrogen-bond donors (Lipinski definition) is 0. The molecule has 0 saturated carbocycles. The fourth-order valence-corrected chi connectivity index (χ4v) is 0.485. The van der Waals surface area contributed by atoms with Crippen molar-refractivity contribution in [2.24, 2.45) is 0 Å². The lowest BCUT2D eigenvalue weighted by Gasteiger charge is -2.15. The summed E-state index contributed by atoms with van der Waals surface area (Å²) >= 11 is 0. The SMILES string of the molecule is [C-]#[N+]C=C(OCC)N(C)C. The van der Waals surface area contributed by atoms with E-state index >= 15 is 0 Å². The Morgan fingerprint density at radius 3 is 2.60 bits per heavy atom. The molecule has 0 fully saturated rings. The summed E-state index contributed by atoms with van der Waals surface area (Å²) in [5.41, 5.74) is 0. The van der Waals surface area contributed by atoms with Crippen LogP contribution in [0.25, 0.3) is 4.85 Å². The number of ether oxygens (including phenoxy) is 1. The molecule has 3 nitrogen and oxygen atoms in total. The van der Waals surface area contributed by atoms with E-state index in [4.69, 9.17) is 11.3 Å². The molecule has 0 aliphatic heterocycles. The van der Waals surface area contributed by atoms with E-state index in [1.807, 2.05) is 21.0 Å². The Kier molecular flexibility index (Phi) is 4.14. The molecule has 0 aromatic rings. The third-order valence-corrected chi connectivity index (χ3v) is 0.908. The van der Waals surface area contributed by atoms with Gasteiger partial charge in [0.15, 0.2) is 5.88 Å². The van der Waals surface area contributed by atoms with Crippen LogP contribution in [0.5, 0.6) is 0 Å². The molecule has 10 heavy (non-hydrogen) atoms. The highest BCUT2D eigenvalue weighted by atomic mass is 16.5. The van der Waals surface area contributed by atoms with Crippen molar-refractivity contribution in [1.29, 1.82) is 0 Å². The lowest BCUT2D eigenvalue weighted by molar-refractivity contribution is 0.152. The topological polar surface area (TPSA) is 16.8 Å². The molecule has 0 amide bonds. The molecule has 0 atom stereocenters. The molecule has 0 radical (unpaired) electrons. The van der Waals surface area contributed by atoms with Crippen LogP contribution in [0.2, 0.25) is 0 Å². The van der Waals surface area contributed by atoms with Crippen molar-refractivity contribution in [3.63, 3.8) is 0 Å². The Morgan fingerprint density at radius 1 is 1.70 bits per heavy atom. The van der Waals surface area contributed by atoms with Gasteiger partial charge in [0.05, 0.1) is 13.2 Å². The van der Waals surface area contributed by atoms with E-state index in [9.17, 15) is 0 Å². The van der Waals surface area contributed by atoms with E-state index in [1.165, 1.54) is 6.20 Å². The van der Waals surface area contributed by atoms with Crippen LogP contribution in [0.1, 0.15) is 6.92 Å². The Morgan fingerprint density at radius 2 is 2.30 bits per heavy atom. The van der Waals surface area contributed by atoms with Crippen LogP contribution in [0, 0.1) is 6.57 Å². The minimum atomic E-state index is 0.597. The van der Waals surface area contributed by atoms with Crippen molar-refractivity contribution in [2.45, 2.75) is 6.92 Å². The van der Waals surface area contributed by atoms with Crippen LogP contribution in [0.4, 0.5) is 0 Å². The second-order valence-corrected chi connectivity index (χ2v) is 1.92. The zero-order valence-electron chi connectivity index (χ0n) is 6.59. The number of rotatable bonds is 3. The fourth-order valence-electron chi connectivity index (χ4n) is 0.485. The van der Waals surface area contributed by atoms with Gasteiger partial charge in [-0.15, -0.1) is 0 Å². The summed E-state index contributed by atoms with van der Waals surface area (Å²) < 4.78 is 5.12. The number of hydrogen-bond acceptors (Lipinski definition) is 2. The lowest BCUT2D eigenvalue weighted by atomic mass is 10.7. The first kappa shape index (κ1) is 8.83. The average Bonchev–Trinajstić information content (AvgIpc) is 1.87. The maximum Gasteiger partial charge on any atom is 0.211 e. The molecule has 0 saturated heterocycles. The van der Waals surface area contributed by atoms with Gasteiger partial charge in [0, 0.05) is 14.1 Å². The van der Waals surface area contributed by atoms with Gasteiger partial charge in [0.1, 0.15) is 0 Å². The molecule has 0 unspecified atom stereocenters. The monoisotopic (exact) mass is 140 g/mol. The van der Waals surface area contributed by atoms with Crippen molar-refractivity contribution in [3.8, 4) is 0 Å². The smallest absolute Gasteiger partial charge is 0.211 e. The first-order chi connectivity index (χ1) is 4.72. The highest BCUT2D eigenvalue weighted by molar-refractivity contribution is 4.96. The van der Waals surface area contributed by atoms with Gasteiger partial charge in [-0.1, -0.05) is 0 Å². The largest absolute Gasteiger partial charge is 0.489 e. The standard InChI is InChI=1S/C7H12N2O/c1-5-10-7(6-8-2)9(3)4/h6H,5H2,1,3-4H3. The van der Waals surface area contributed by atoms with E-state index < -0.39 is 0 Å². The van der Waals surface area contributed by atoms with E-state index in [1.54, 1.807) is 4.90 Å². The van der Waals surface area contributed by atoms with Crippen LogP contribution < -0.4 is 0 Å². The molecule has 0 heterocycles. The Bertz CT molecular complexity index is 155. The Labute approximate surface area is 61.7 Å². The van der Waals surface area contributed by atoms with E-state index in [2.05, 4.69) is 4.85 Å². The van der Waals surface area contributed by atoms with Crippen LogP contribution in [-0.2, 0) is 4.74 Å². The second-order valence-electron chi connectivity index (χ2n) is 1.92. The van der Waals surface area contributed by atoms with Crippen molar-refractivity contribution in [2.75, 3.05) is 20.7 Å². The molecular weight excluding hydrogens is 128 g/mol. The summed E-state index contributed by atoms with van der Waals surface area (Å²) in [6.07, 6.45) is 1.36. The molecule has 0 aromatic carbocycles. The Balaban J connectivity index is 4.01. The highest BCUT2D eigenvalue weighted by Gasteiger charge is 1.96. The molecule has 3 heteroatoms. The van der Waals surface area contributed by atoms with Crippen LogP contribution >= 0.6 is 0 Å². The molecule has 0 spiro atoms. The van der Waals surface area contributed by atoms with E-state index in [0.717, 1.165) is 0 Å². The van der Waals surface area contributed by atoms with Crippen molar-refractivity contribution in [1.82, 2.24) is 4.90 Å². The third kappa shape index (κ3) is 2.98.